The van der Waals surface area contributed by atoms with Gasteiger partial charge in [-0.2, -0.15) is 0 Å². The number of hydrogen-bond donors (Lipinski definition) is 2. The highest BCUT2D eigenvalue weighted by molar-refractivity contribution is 7.97. The van der Waals surface area contributed by atoms with Gasteiger partial charge in [0.25, 0.3) is 0 Å². The SMILES string of the molecule is CNSc1cc(C(=O)O)c(F)cc1F. The molecule has 2 N–H and O–H groups in total. The number of carboxylic acid groups (broad SMARTS) is 1. The number of nitrogens with one attached hydrogen (secondary N) is 1. The van der Waals surface area contributed by atoms with Crippen LogP contribution in [0.4, 0.5) is 8.78 Å². The number of carboxylic acids is 1. The first-order valence-corrected chi connectivity index (χ1v) is 4.44. The van der Waals surface area contributed by atoms with Crippen molar-refractivity contribution >= 4 is 17.9 Å². The Bertz CT molecular complexity index is 371. The lowest BCUT2D eigenvalue weighted by Gasteiger charge is -2.03. The van der Waals surface area contributed by atoms with Gasteiger partial charge in [-0.05, 0) is 25.1 Å². The summed E-state index contributed by atoms with van der Waals surface area (Å²) in [6.07, 6.45) is 0. The number of hydrogen-bond acceptors (Lipinski definition) is 3. The Balaban J connectivity index is 3.20. The topological polar surface area (TPSA) is 49.3 Å². The lowest BCUT2D eigenvalue weighted by atomic mass is 10.2. The number of benzene rings is 1. The summed E-state index contributed by atoms with van der Waals surface area (Å²) in [6.45, 7) is 0. The Kier molecular flexibility index (Phi) is 3.43. The molecule has 0 spiro atoms. The minimum atomic E-state index is -1.42. The molecule has 76 valence electrons. The van der Waals surface area contributed by atoms with Crippen molar-refractivity contribution in [2.75, 3.05) is 7.05 Å². The lowest BCUT2D eigenvalue weighted by Crippen LogP contribution is -2.03. The largest absolute Gasteiger partial charge is 0.478 e. The van der Waals surface area contributed by atoms with Crippen molar-refractivity contribution in [1.29, 1.82) is 0 Å². The fourth-order valence-electron chi connectivity index (χ4n) is 0.881. The van der Waals surface area contributed by atoms with E-state index in [1.807, 2.05) is 0 Å². The predicted octanol–water partition coefficient (Wildman–Crippen LogP) is 1.89. The van der Waals surface area contributed by atoms with E-state index in [4.69, 9.17) is 5.11 Å². The van der Waals surface area contributed by atoms with Gasteiger partial charge < -0.3 is 5.11 Å². The number of aromatic carboxylic acids is 1. The summed E-state index contributed by atoms with van der Waals surface area (Å²) in [5.41, 5.74) is -0.538. The second-order valence-electron chi connectivity index (χ2n) is 2.37. The van der Waals surface area contributed by atoms with Crippen molar-refractivity contribution in [3.63, 3.8) is 0 Å². The molecule has 0 bridgehead atoms. The Morgan fingerprint density at radius 2 is 2.07 bits per heavy atom. The number of rotatable bonds is 3. The predicted molar refractivity (Wildman–Crippen MR) is 48.2 cm³/mol. The third-order valence-electron chi connectivity index (χ3n) is 1.46. The first-order chi connectivity index (χ1) is 6.56. The van der Waals surface area contributed by atoms with Gasteiger partial charge >= 0.3 is 5.97 Å². The van der Waals surface area contributed by atoms with E-state index >= 15 is 0 Å². The Hall–Kier alpha value is -1.14. The molecule has 0 atom stereocenters. The van der Waals surface area contributed by atoms with E-state index in [2.05, 4.69) is 4.72 Å². The van der Waals surface area contributed by atoms with Crippen molar-refractivity contribution in [3.05, 3.63) is 29.3 Å². The molecule has 1 aromatic carbocycles. The minimum absolute atomic E-state index is 0.0475. The first-order valence-electron chi connectivity index (χ1n) is 3.62. The van der Waals surface area contributed by atoms with E-state index in [9.17, 15) is 13.6 Å². The van der Waals surface area contributed by atoms with Gasteiger partial charge in [-0.3, -0.25) is 4.72 Å². The van der Waals surface area contributed by atoms with Crippen LogP contribution in [0, 0.1) is 11.6 Å². The highest BCUT2D eigenvalue weighted by Crippen LogP contribution is 2.22. The molecule has 0 saturated heterocycles. The maximum Gasteiger partial charge on any atom is 0.338 e. The summed E-state index contributed by atoms with van der Waals surface area (Å²) < 4.78 is 28.4. The van der Waals surface area contributed by atoms with Crippen LogP contribution in [0.1, 0.15) is 10.4 Å². The molecule has 0 aliphatic rings. The van der Waals surface area contributed by atoms with Crippen LogP contribution in [0.2, 0.25) is 0 Å². The molecule has 1 rings (SSSR count). The maximum absolute atomic E-state index is 13.0. The van der Waals surface area contributed by atoms with Gasteiger partial charge in [-0.25, -0.2) is 13.6 Å². The molecule has 3 nitrogen and oxygen atoms in total. The zero-order chi connectivity index (χ0) is 10.7. The third-order valence-corrected chi connectivity index (χ3v) is 2.20. The van der Waals surface area contributed by atoms with Crippen LogP contribution in [0.15, 0.2) is 17.0 Å². The molecular formula is C8H7F2NO2S. The molecule has 0 unspecified atom stereocenters. The van der Waals surface area contributed by atoms with Gasteiger partial charge in [0, 0.05) is 6.07 Å². The highest BCUT2D eigenvalue weighted by atomic mass is 32.2. The van der Waals surface area contributed by atoms with Crippen molar-refractivity contribution in [3.8, 4) is 0 Å². The van der Waals surface area contributed by atoms with Crippen LogP contribution in [0.25, 0.3) is 0 Å². The van der Waals surface area contributed by atoms with Gasteiger partial charge in [0.05, 0.1) is 10.5 Å². The van der Waals surface area contributed by atoms with Crippen molar-refractivity contribution < 1.29 is 18.7 Å². The van der Waals surface area contributed by atoms with Crippen LogP contribution >= 0.6 is 11.9 Å². The quantitative estimate of drug-likeness (QED) is 0.762. The van der Waals surface area contributed by atoms with E-state index in [1.165, 1.54) is 0 Å². The van der Waals surface area contributed by atoms with Gasteiger partial charge in [-0.15, -0.1) is 0 Å². The van der Waals surface area contributed by atoms with Crippen LogP contribution in [-0.2, 0) is 0 Å². The lowest BCUT2D eigenvalue weighted by molar-refractivity contribution is 0.0691. The van der Waals surface area contributed by atoms with Gasteiger partial charge in [0.2, 0.25) is 0 Å². The zero-order valence-electron chi connectivity index (χ0n) is 7.17. The molecule has 0 aliphatic carbocycles. The average molecular weight is 219 g/mol. The van der Waals surface area contributed by atoms with Crippen LogP contribution in [0.5, 0.6) is 0 Å². The van der Waals surface area contributed by atoms with Gasteiger partial charge in [0.15, 0.2) is 0 Å². The van der Waals surface area contributed by atoms with E-state index in [-0.39, 0.29) is 4.90 Å². The highest BCUT2D eigenvalue weighted by Gasteiger charge is 2.14. The van der Waals surface area contributed by atoms with Crippen molar-refractivity contribution in [2.24, 2.45) is 0 Å². The minimum Gasteiger partial charge on any atom is -0.478 e. The molecule has 0 aliphatic heterocycles. The third kappa shape index (κ3) is 2.21. The molecule has 6 heteroatoms. The van der Waals surface area contributed by atoms with E-state index < -0.39 is 23.2 Å². The summed E-state index contributed by atoms with van der Waals surface area (Å²) in [4.78, 5) is 10.5. The average Bonchev–Trinajstić information content (AvgIpc) is 2.09. The monoisotopic (exact) mass is 219 g/mol. The molecular weight excluding hydrogens is 212 g/mol. The summed E-state index contributed by atoms with van der Waals surface area (Å²) in [7, 11) is 1.55. The molecule has 0 radical (unpaired) electrons. The zero-order valence-corrected chi connectivity index (χ0v) is 7.99. The summed E-state index contributed by atoms with van der Waals surface area (Å²) in [6, 6.07) is 1.51. The van der Waals surface area contributed by atoms with Crippen LogP contribution in [0.3, 0.4) is 0 Å². The fourth-order valence-corrected chi connectivity index (χ4v) is 1.43. The van der Waals surface area contributed by atoms with Crippen molar-refractivity contribution in [1.82, 2.24) is 4.72 Å². The first kappa shape index (κ1) is 10.9. The van der Waals surface area contributed by atoms with Crippen LogP contribution < -0.4 is 4.72 Å². The summed E-state index contributed by atoms with van der Waals surface area (Å²) >= 11 is 0.887. The van der Waals surface area contributed by atoms with E-state index in [0.29, 0.717) is 6.07 Å². The molecule has 0 amide bonds. The normalized spacial score (nSPS) is 10.2. The second-order valence-corrected chi connectivity index (χ2v) is 3.43. The molecule has 0 saturated carbocycles. The fraction of sp³-hybridized carbons (Fsp3) is 0.125. The van der Waals surface area contributed by atoms with Gasteiger partial charge in [0.1, 0.15) is 11.6 Å². The van der Waals surface area contributed by atoms with Crippen LogP contribution in [-0.4, -0.2) is 18.1 Å². The molecule has 0 aromatic heterocycles. The number of halogens is 2. The molecule has 1 aromatic rings. The Labute approximate surface area is 83.3 Å². The molecule has 0 fully saturated rings. The smallest absolute Gasteiger partial charge is 0.338 e. The van der Waals surface area contributed by atoms with E-state index in [0.717, 1.165) is 18.0 Å². The van der Waals surface area contributed by atoms with Gasteiger partial charge in [-0.1, -0.05) is 0 Å². The van der Waals surface area contributed by atoms with Crippen molar-refractivity contribution in [2.45, 2.75) is 4.90 Å². The summed E-state index contributed by atoms with van der Waals surface area (Å²) in [5, 5.41) is 8.56. The molecule has 14 heavy (non-hydrogen) atoms. The Morgan fingerprint density at radius 3 is 2.57 bits per heavy atom. The standard InChI is InChI=1S/C8H7F2NO2S/c1-11-14-7-2-4(8(12)13)5(9)3-6(7)10/h2-3,11H,1H3,(H,12,13). The maximum atomic E-state index is 13.0. The second kappa shape index (κ2) is 4.39. The summed E-state index contributed by atoms with van der Waals surface area (Å²) in [5.74, 6) is -3.28. The van der Waals surface area contributed by atoms with E-state index in [1.54, 1.807) is 7.05 Å². The molecule has 0 heterocycles. The Morgan fingerprint density at radius 1 is 1.43 bits per heavy atom. The number of carbonyl (C=O) groups is 1.